The van der Waals surface area contributed by atoms with Crippen LogP contribution in [0, 0.1) is 5.92 Å². The summed E-state index contributed by atoms with van der Waals surface area (Å²) in [6.45, 7) is 7.65. The molecule has 0 bridgehead atoms. The molecule has 5 heteroatoms. The number of hydrogen-bond donors (Lipinski definition) is 0. The zero-order valence-corrected chi connectivity index (χ0v) is 13.9. The molecule has 0 saturated carbocycles. The van der Waals surface area contributed by atoms with E-state index in [-0.39, 0.29) is 11.9 Å². The zero-order chi connectivity index (χ0) is 15.4. The van der Waals surface area contributed by atoms with Gasteiger partial charge in [-0.15, -0.1) is 0 Å². The van der Waals surface area contributed by atoms with Gasteiger partial charge in [0, 0.05) is 40.4 Å². The highest BCUT2D eigenvalue weighted by molar-refractivity contribution is 5.72. The minimum Gasteiger partial charge on any atom is -0.469 e. The summed E-state index contributed by atoms with van der Waals surface area (Å²) in [5, 5.41) is 4.49. The third kappa shape index (κ3) is 7.22. The number of carbonyl (C=O) groups excluding carboxylic acids is 1. The van der Waals surface area contributed by atoms with Crippen LogP contribution in [0.4, 0.5) is 0 Å². The van der Waals surface area contributed by atoms with E-state index in [0.29, 0.717) is 0 Å². The van der Waals surface area contributed by atoms with Crippen molar-refractivity contribution in [3.8, 4) is 0 Å². The van der Waals surface area contributed by atoms with E-state index < -0.39 is 0 Å². The van der Waals surface area contributed by atoms with Crippen molar-refractivity contribution in [3.63, 3.8) is 0 Å². The lowest BCUT2D eigenvalue weighted by Gasteiger charge is -2.37. The van der Waals surface area contributed by atoms with Gasteiger partial charge in [-0.3, -0.25) is 4.79 Å². The molecule has 120 valence electrons. The summed E-state index contributed by atoms with van der Waals surface area (Å²) in [6.07, 6.45) is 4.20. The van der Waals surface area contributed by atoms with Gasteiger partial charge in [0.25, 0.3) is 0 Å². The van der Waals surface area contributed by atoms with Gasteiger partial charge in [0.1, 0.15) is 0 Å². The summed E-state index contributed by atoms with van der Waals surface area (Å²) >= 11 is 0. The van der Waals surface area contributed by atoms with Crippen LogP contribution in [-0.2, 0) is 14.3 Å². The van der Waals surface area contributed by atoms with Crippen molar-refractivity contribution in [2.24, 2.45) is 5.92 Å². The van der Waals surface area contributed by atoms with Crippen molar-refractivity contribution < 1.29 is 14.3 Å². The van der Waals surface area contributed by atoms with Gasteiger partial charge >= 0.3 is 5.97 Å². The minimum absolute atomic E-state index is 0.0326. The van der Waals surface area contributed by atoms with E-state index in [1.54, 1.807) is 7.11 Å². The number of piperidine rings is 1. The smallest absolute Gasteiger partial charge is 0.310 e. The number of esters is 1. The number of nitrogens with zero attached hydrogens (tertiary/aromatic N) is 2. The van der Waals surface area contributed by atoms with Crippen molar-refractivity contribution >= 4 is 5.97 Å². The van der Waals surface area contributed by atoms with Gasteiger partial charge in [-0.25, -0.2) is 10.0 Å². The summed E-state index contributed by atoms with van der Waals surface area (Å²) in [7, 11) is 5.29. The molecule has 0 aromatic carbocycles. The first-order chi connectivity index (χ1) is 9.69. The topological polar surface area (TPSA) is 42.0 Å². The summed E-state index contributed by atoms with van der Waals surface area (Å²) in [6, 6.07) is 0. The van der Waals surface area contributed by atoms with Crippen molar-refractivity contribution in [3.05, 3.63) is 0 Å². The van der Waals surface area contributed by atoms with Crippen molar-refractivity contribution in [2.45, 2.75) is 39.5 Å². The molecule has 1 rings (SSSR count). The molecule has 1 aliphatic rings. The summed E-state index contributed by atoms with van der Waals surface area (Å²) in [4.78, 5) is 11.6. The van der Waals surface area contributed by atoms with E-state index in [1.165, 1.54) is 7.11 Å². The Morgan fingerprint density at radius 1 is 1.30 bits per heavy atom. The lowest BCUT2D eigenvalue weighted by Crippen LogP contribution is -2.48. The molecule has 0 N–H and O–H groups in total. The fourth-order valence-electron chi connectivity index (χ4n) is 2.35. The van der Waals surface area contributed by atoms with Crippen LogP contribution in [0.1, 0.15) is 39.5 Å². The third-order valence-electron chi connectivity index (χ3n) is 3.50. The zero-order valence-electron chi connectivity index (χ0n) is 13.9. The lowest BCUT2D eigenvalue weighted by atomic mass is 9.99. The van der Waals surface area contributed by atoms with Gasteiger partial charge in [-0.05, 0) is 25.7 Å². The summed E-state index contributed by atoms with van der Waals surface area (Å²) in [5.41, 5.74) is 0. The minimum atomic E-state index is -0.0764. The summed E-state index contributed by atoms with van der Waals surface area (Å²) in [5.74, 6) is -0.0438. The first-order valence-corrected chi connectivity index (χ1v) is 7.71. The van der Waals surface area contributed by atoms with Gasteiger partial charge < -0.3 is 9.47 Å². The second-order valence-electron chi connectivity index (χ2n) is 4.86. The normalized spacial score (nSPS) is 19.4. The second kappa shape index (κ2) is 12.1. The van der Waals surface area contributed by atoms with Crippen LogP contribution in [-0.4, -0.2) is 63.5 Å². The molecule has 5 nitrogen and oxygen atoms in total. The molecule has 0 aromatic heterocycles. The van der Waals surface area contributed by atoms with Gasteiger partial charge in [0.05, 0.1) is 13.0 Å². The molecule has 0 amide bonds. The predicted octanol–water partition coefficient (Wildman–Crippen LogP) is 2.17. The van der Waals surface area contributed by atoms with Gasteiger partial charge in [0.15, 0.2) is 0 Å². The third-order valence-corrected chi connectivity index (χ3v) is 3.50. The van der Waals surface area contributed by atoms with E-state index in [0.717, 1.165) is 51.9 Å². The van der Waals surface area contributed by atoms with E-state index >= 15 is 0 Å². The maximum Gasteiger partial charge on any atom is 0.310 e. The molecule has 0 aliphatic carbocycles. The van der Waals surface area contributed by atoms with Crippen LogP contribution in [0.3, 0.4) is 0 Å². The molecule has 0 aromatic rings. The molecule has 20 heavy (non-hydrogen) atoms. The Morgan fingerprint density at radius 2 is 2.00 bits per heavy atom. The first kappa shape index (κ1) is 19.4. The SMILES string of the molecule is CC.COCCCCN(C)N1CCCC(C(=O)OC)C1. The van der Waals surface area contributed by atoms with E-state index in [4.69, 9.17) is 9.47 Å². The number of ether oxygens (including phenoxy) is 2. The van der Waals surface area contributed by atoms with Crippen LogP contribution in [0.5, 0.6) is 0 Å². The van der Waals surface area contributed by atoms with Gasteiger partial charge in [-0.1, -0.05) is 13.8 Å². The maximum absolute atomic E-state index is 11.6. The Hall–Kier alpha value is -0.650. The quantitative estimate of drug-likeness (QED) is 0.530. The van der Waals surface area contributed by atoms with Gasteiger partial charge in [0.2, 0.25) is 0 Å². The molecular formula is C15H32N2O3. The lowest BCUT2D eigenvalue weighted by molar-refractivity contribution is -0.150. The Bertz CT molecular complexity index is 249. The Morgan fingerprint density at radius 3 is 2.60 bits per heavy atom. The number of rotatable bonds is 7. The van der Waals surface area contributed by atoms with Crippen LogP contribution in [0.15, 0.2) is 0 Å². The molecule has 0 spiro atoms. The summed E-state index contributed by atoms with van der Waals surface area (Å²) < 4.78 is 9.87. The number of carbonyl (C=O) groups is 1. The van der Waals surface area contributed by atoms with Crippen molar-refractivity contribution in [2.75, 3.05) is 47.5 Å². The van der Waals surface area contributed by atoms with Crippen LogP contribution in [0.2, 0.25) is 0 Å². The molecule has 0 radical (unpaired) electrons. The first-order valence-electron chi connectivity index (χ1n) is 7.71. The number of hydrazine groups is 1. The fraction of sp³-hybridized carbons (Fsp3) is 0.933. The van der Waals surface area contributed by atoms with Crippen LogP contribution >= 0.6 is 0 Å². The molecule has 1 saturated heterocycles. The van der Waals surface area contributed by atoms with Gasteiger partial charge in [-0.2, -0.15) is 0 Å². The van der Waals surface area contributed by atoms with Crippen molar-refractivity contribution in [1.29, 1.82) is 0 Å². The Balaban J connectivity index is 0.00000172. The molecule has 1 unspecified atom stereocenters. The molecule has 1 fully saturated rings. The van der Waals surface area contributed by atoms with E-state index in [9.17, 15) is 4.79 Å². The molecule has 1 aliphatic heterocycles. The van der Waals surface area contributed by atoms with Crippen molar-refractivity contribution in [1.82, 2.24) is 10.0 Å². The van der Waals surface area contributed by atoms with E-state index in [1.807, 2.05) is 13.8 Å². The van der Waals surface area contributed by atoms with Crippen LogP contribution < -0.4 is 0 Å². The number of unbranched alkanes of at least 4 members (excludes halogenated alkanes) is 1. The number of hydrogen-bond acceptors (Lipinski definition) is 5. The largest absolute Gasteiger partial charge is 0.469 e. The maximum atomic E-state index is 11.6. The predicted molar refractivity (Wildman–Crippen MR) is 81.4 cm³/mol. The second-order valence-corrected chi connectivity index (χ2v) is 4.86. The Labute approximate surface area is 124 Å². The molecular weight excluding hydrogens is 256 g/mol. The standard InChI is InChI=1S/C13H26N2O3.C2H6/c1-14(8-4-5-10-17-2)15-9-6-7-12(11-15)13(16)18-3;1-2/h12H,4-11H2,1-3H3;1-2H3. The number of methoxy groups -OCH3 is 2. The highest BCUT2D eigenvalue weighted by atomic mass is 16.5. The fourth-order valence-corrected chi connectivity index (χ4v) is 2.35. The Kier molecular flexibility index (Phi) is 11.7. The van der Waals surface area contributed by atoms with Crippen LogP contribution in [0.25, 0.3) is 0 Å². The highest BCUT2D eigenvalue weighted by Gasteiger charge is 2.27. The average molecular weight is 288 g/mol. The monoisotopic (exact) mass is 288 g/mol. The molecule has 1 heterocycles. The van der Waals surface area contributed by atoms with E-state index in [2.05, 4.69) is 17.1 Å². The highest BCUT2D eigenvalue weighted by Crippen LogP contribution is 2.18. The average Bonchev–Trinajstić information content (AvgIpc) is 2.52. The molecule has 1 atom stereocenters.